The molecule has 6 heteroatoms. The molecule has 0 fully saturated rings. The number of fused-ring (bicyclic) bond motifs is 3. The SMILES string of the molecule is CCc1ccc(N2C(N)=C(C#N)[C@@]3(C(=O)Nc4ccc(C)cc43)C3=C2CCCC3=O)cc1. The van der Waals surface area contributed by atoms with Crippen LogP contribution in [-0.4, -0.2) is 11.7 Å². The fourth-order valence-electron chi connectivity index (χ4n) is 5.28. The number of hydrogen-bond donors (Lipinski definition) is 2. The minimum Gasteiger partial charge on any atom is -0.384 e. The Bertz CT molecular complexity index is 1280. The summed E-state index contributed by atoms with van der Waals surface area (Å²) in [6.07, 6.45) is 2.53. The second-order valence-corrected chi connectivity index (χ2v) is 8.58. The van der Waals surface area contributed by atoms with E-state index in [4.69, 9.17) is 5.73 Å². The van der Waals surface area contributed by atoms with E-state index in [0.29, 0.717) is 41.8 Å². The number of ketones is 1. The second kappa shape index (κ2) is 7.10. The van der Waals surface area contributed by atoms with Gasteiger partial charge in [-0.1, -0.05) is 36.8 Å². The Kier molecular flexibility index (Phi) is 4.45. The average molecular weight is 425 g/mol. The molecule has 1 spiro atoms. The van der Waals surface area contributed by atoms with Gasteiger partial charge in [-0.3, -0.25) is 14.5 Å². The molecule has 3 N–H and O–H groups in total. The normalized spacial score (nSPS) is 22.1. The number of nitriles is 1. The van der Waals surface area contributed by atoms with Gasteiger partial charge in [0.25, 0.3) is 0 Å². The van der Waals surface area contributed by atoms with Crippen LogP contribution in [0.25, 0.3) is 0 Å². The van der Waals surface area contributed by atoms with Crippen LogP contribution in [-0.2, 0) is 21.4 Å². The zero-order chi connectivity index (χ0) is 22.6. The molecule has 0 saturated carbocycles. The number of hydrogen-bond acceptors (Lipinski definition) is 5. The highest BCUT2D eigenvalue weighted by Crippen LogP contribution is 2.55. The first-order valence-corrected chi connectivity index (χ1v) is 10.9. The molecule has 160 valence electrons. The Labute approximate surface area is 187 Å². The van der Waals surface area contributed by atoms with Gasteiger partial charge in [0.05, 0.1) is 5.57 Å². The Morgan fingerprint density at radius 3 is 2.59 bits per heavy atom. The zero-order valence-electron chi connectivity index (χ0n) is 18.2. The number of amides is 1. The second-order valence-electron chi connectivity index (χ2n) is 8.58. The summed E-state index contributed by atoms with van der Waals surface area (Å²) in [5.74, 6) is -0.290. The van der Waals surface area contributed by atoms with E-state index >= 15 is 0 Å². The van der Waals surface area contributed by atoms with Gasteiger partial charge in [0.1, 0.15) is 17.3 Å². The fourth-order valence-corrected chi connectivity index (χ4v) is 5.28. The molecule has 0 radical (unpaired) electrons. The maximum atomic E-state index is 13.6. The number of allylic oxidation sites excluding steroid dienone is 1. The molecule has 5 rings (SSSR count). The van der Waals surface area contributed by atoms with Crippen molar-refractivity contribution in [2.24, 2.45) is 5.73 Å². The van der Waals surface area contributed by atoms with Gasteiger partial charge in [-0.15, -0.1) is 0 Å². The Morgan fingerprint density at radius 2 is 1.91 bits per heavy atom. The third kappa shape index (κ3) is 2.51. The van der Waals surface area contributed by atoms with Crippen LogP contribution in [0.1, 0.15) is 42.9 Å². The smallest absolute Gasteiger partial charge is 0.245 e. The van der Waals surface area contributed by atoms with E-state index in [1.807, 2.05) is 49.4 Å². The minimum absolute atomic E-state index is 0.105. The zero-order valence-corrected chi connectivity index (χ0v) is 18.2. The first-order valence-electron chi connectivity index (χ1n) is 10.9. The van der Waals surface area contributed by atoms with Crippen LogP contribution >= 0.6 is 0 Å². The van der Waals surface area contributed by atoms with E-state index in [-0.39, 0.29) is 23.1 Å². The van der Waals surface area contributed by atoms with E-state index in [2.05, 4.69) is 18.3 Å². The molecule has 1 atom stereocenters. The van der Waals surface area contributed by atoms with Gasteiger partial charge in [0.15, 0.2) is 5.78 Å². The van der Waals surface area contributed by atoms with Crippen LogP contribution < -0.4 is 16.0 Å². The van der Waals surface area contributed by atoms with E-state index in [1.165, 1.54) is 5.56 Å². The highest BCUT2D eigenvalue weighted by Gasteiger charge is 2.60. The van der Waals surface area contributed by atoms with E-state index in [9.17, 15) is 14.9 Å². The summed E-state index contributed by atoms with van der Waals surface area (Å²) in [6.45, 7) is 4.01. The van der Waals surface area contributed by atoms with Crippen molar-refractivity contribution in [3.8, 4) is 6.07 Å². The lowest BCUT2D eigenvalue weighted by atomic mass is 9.63. The standard InChI is InChI=1S/C26H24N4O2/c1-3-16-8-10-17(11-9-16)30-21-5-4-6-22(31)23(21)26(19(14-27)24(30)28)18-13-15(2)7-12-20(18)29-25(26)32/h7-13H,3-6,28H2,1-2H3,(H,29,32)/t26-/m1/s1. The van der Waals surface area contributed by atoms with E-state index in [0.717, 1.165) is 17.7 Å². The number of anilines is 2. The molecule has 0 aromatic heterocycles. The molecule has 3 aliphatic rings. The van der Waals surface area contributed by atoms with Gasteiger partial charge in [-0.2, -0.15) is 5.26 Å². The summed E-state index contributed by atoms with van der Waals surface area (Å²) >= 11 is 0. The lowest BCUT2D eigenvalue weighted by Gasteiger charge is -2.43. The Hall–Kier alpha value is -3.85. The third-order valence-electron chi connectivity index (χ3n) is 6.78. The number of nitrogens with one attached hydrogen (secondary N) is 1. The van der Waals surface area contributed by atoms with Gasteiger partial charge in [-0.25, -0.2) is 0 Å². The summed E-state index contributed by atoms with van der Waals surface area (Å²) in [7, 11) is 0. The molecule has 2 aromatic carbocycles. The summed E-state index contributed by atoms with van der Waals surface area (Å²) < 4.78 is 0. The number of nitrogens with two attached hydrogens (primary N) is 1. The largest absolute Gasteiger partial charge is 0.384 e. The molecule has 0 bridgehead atoms. The van der Waals surface area contributed by atoms with Crippen LogP contribution in [0.4, 0.5) is 11.4 Å². The Morgan fingerprint density at radius 1 is 1.16 bits per heavy atom. The van der Waals surface area contributed by atoms with Crippen molar-refractivity contribution in [2.45, 2.75) is 44.9 Å². The molecular formula is C26H24N4O2. The first-order chi connectivity index (χ1) is 15.4. The van der Waals surface area contributed by atoms with Crippen molar-refractivity contribution < 1.29 is 9.59 Å². The summed E-state index contributed by atoms with van der Waals surface area (Å²) in [4.78, 5) is 28.8. The lowest BCUT2D eigenvalue weighted by Crippen LogP contribution is -2.50. The molecule has 6 nitrogen and oxygen atoms in total. The predicted octanol–water partition coefficient (Wildman–Crippen LogP) is 3.97. The van der Waals surface area contributed by atoms with Crippen molar-refractivity contribution >= 4 is 23.1 Å². The number of rotatable bonds is 2. The molecular weight excluding hydrogens is 400 g/mol. The molecule has 2 aromatic rings. The quantitative estimate of drug-likeness (QED) is 0.760. The summed E-state index contributed by atoms with van der Waals surface area (Å²) in [6, 6.07) is 15.8. The number of carbonyl (C=O) groups is 2. The fraction of sp³-hybridized carbons (Fsp3) is 0.269. The van der Waals surface area contributed by atoms with Gasteiger partial charge in [0.2, 0.25) is 5.91 Å². The van der Waals surface area contributed by atoms with E-state index < -0.39 is 5.41 Å². The monoisotopic (exact) mass is 424 g/mol. The van der Waals surface area contributed by atoms with Crippen molar-refractivity contribution in [2.75, 3.05) is 10.2 Å². The van der Waals surface area contributed by atoms with Crippen molar-refractivity contribution in [3.05, 3.63) is 81.8 Å². The van der Waals surface area contributed by atoms with Gasteiger partial charge in [0, 0.05) is 34.6 Å². The van der Waals surface area contributed by atoms with Gasteiger partial charge in [-0.05, 0) is 49.9 Å². The summed E-state index contributed by atoms with van der Waals surface area (Å²) in [5.41, 5.74) is 10.5. The first kappa shape index (κ1) is 20.1. The third-order valence-corrected chi connectivity index (χ3v) is 6.78. The molecule has 1 aliphatic carbocycles. The number of nitrogens with zero attached hydrogens (tertiary/aromatic N) is 2. The van der Waals surface area contributed by atoms with Crippen LogP contribution in [0.5, 0.6) is 0 Å². The highest BCUT2D eigenvalue weighted by atomic mass is 16.2. The van der Waals surface area contributed by atoms with Crippen LogP contribution in [0.3, 0.4) is 0 Å². The molecule has 32 heavy (non-hydrogen) atoms. The highest BCUT2D eigenvalue weighted by molar-refractivity contribution is 6.19. The molecule has 2 heterocycles. The van der Waals surface area contributed by atoms with Crippen molar-refractivity contribution in [3.63, 3.8) is 0 Å². The van der Waals surface area contributed by atoms with Crippen molar-refractivity contribution in [1.29, 1.82) is 5.26 Å². The maximum absolute atomic E-state index is 13.6. The molecule has 0 unspecified atom stereocenters. The van der Waals surface area contributed by atoms with Crippen molar-refractivity contribution in [1.82, 2.24) is 0 Å². The number of benzene rings is 2. The van der Waals surface area contributed by atoms with E-state index in [1.54, 1.807) is 4.90 Å². The minimum atomic E-state index is -1.51. The number of Topliss-reactive ketones (excluding diaryl/α,β-unsaturated/α-hetero) is 1. The number of carbonyl (C=O) groups excluding carboxylic acids is 2. The van der Waals surface area contributed by atoms with Crippen LogP contribution in [0.2, 0.25) is 0 Å². The van der Waals surface area contributed by atoms with Gasteiger partial charge < -0.3 is 11.1 Å². The van der Waals surface area contributed by atoms with Crippen LogP contribution in [0, 0.1) is 18.3 Å². The topological polar surface area (TPSA) is 99.2 Å². The number of aryl methyl sites for hydroxylation is 2. The van der Waals surface area contributed by atoms with Gasteiger partial charge >= 0.3 is 0 Å². The average Bonchev–Trinajstić information content (AvgIpc) is 3.06. The summed E-state index contributed by atoms with van der Waals surface area (Å²) in [5, 5.41) is 13.2. The predicted molar refractivity (Wildman–Crippen MR) is 122 cm³/mol. The molecule has 2 aliphatic heterocycles. The maximum Gasteiger partial charge on any atom is 0.245 e. The lowest BCUT2D eigenvalue weighted by molar-refractivity contribution is -0.122. The molecule has 0 saturated heterocycles. The van der Waals surface area contributed by atoms with Crippen LogP contribution in [0.15, 0.2) is 65.1 Å². The Balaban J connectivity index is 1.85. The molecule has 1 amide bonds.